The molecule has 0 saturated carbocycles. The Morgan fingerprint density at radius 1 is 1.12 bits per heavy atom. The van der Waals surface area contributed by atoms with Gasteiger partial charge in [-0.15, -0.1) is 0 Å². The van der Waals surface area contributed by atoms with E-state index in [9.17, 15) is 10.1 Å². The number of carbonyl (C=O) groups is 1. The van der Waals surface area contributed by atoms with Gasteiger partial charge in [-0.2, -0.15) is 5.26 Å². The fourth-order valence-electron chi connectivity index (χ4n) is 2.49. The molecule has 0 saturated heterocycles. The highest BCUT2D eigenvalue weighted by Gasteiger charge is 2.16. The van der Waals surface area contributed by atoms with Gasteiger partial charge in [0.2, 0.25) is 5.91 Å². The Hall–Kier alpha value is -2.81. The van der Waals surface area contributed by atoms with Crippen LogP contribution in [0.3, 0.4) is 0 Å². The summed E-state index contributed by atoms with van der Waals surface area (Å²) in [7, 11) is 0. The number of nitrogens with two attached hydrogens (primary N) is 1. The maximum absolute atomic E-state index is 11.2. The van der Waals surface area contributed by atoms with Gasteiger partial charge in [0.1, 0.15) is 11.1 Å². The van der Waals surface area contributed by atoms with Gasteiger partial charge in [-0.1, -0.05) is 65.8 Å². The molecule has 1 aromatic heterocycles. The number of benzene rings is 2. The zero-order valence-electron chi connectivity index (χ0n) is 13.6. The monoisotopic (exact) mass is 379 g/mol. The van der Waals surface area contributed by atoms with Crippen molar-refractivity contribution >= 4 is 29.3 Å². The van der Waals surface area contributed by atoms with Crippen molar-refractivity contribution in [1.82, 2.24) is 4.98 Å². The normalized spacial score (nSPS) is 10.3. The van der Waals surface area contributed by atoms with Gasteiger partial charge >= 0.3 is 0 Å². The molecule has 0 spiro atoms. The molecule has 0 radical (unpaired) electrons. The number of carbonyl (C=O) groups excluding carboxylic acids is 1. The number of thioether (sulfide) groups is 1. The van der Waals surface area contributed by atoms with Gasteiger partial charge < -0.3 is 5.73 Å². The first-order chi connectivity index (χ1) is 12.6. The molecule has 2 aromatic carbocycles. The van der Waals surface area contributed by atoms with Crippen molar-refractivity contribution in [2.75, 3.05) is 5.75 Å². The highest BCUT2D eigenvalue weighted by atomic mass is 35.5. The van der Waals surface area contributed by atoms with Gasteiger partial charge in [0.15, 0.2) is 0 Å². The summed E-state index contributed by atoms with van der Waals surface area (Å²) in [5.41, 5.74) is 8.92. The molecule has 1 heterocycles. The highest BCUT2D eigenvalue weighted by Crippen LogP contribution is 2.34. The Labute approximate surface area is 160 Å². The van der Waals surface area contributed by atoms with E-state index in [0.717, 1.165) is 22.4 Å². The average molecular weight is 380 g/mol. The van der Waals surface area contributed by atoms with Crippen LogP contribution in [0.1, 0.15) is 5.56 Å². The van der Waals surface area contributed by atoms with E-state index in [1.165, 1.54) is 11.8 Å². The molecule has 0 unspecified atom stereocenters. The SMILES string of the molecule is N#Cc1c(-c2ccc(Cl)cc2)cc(-c2ccccc2)nc1SCC(N)=O. The average Bonchev–Trinajstić information content (AvgIpc) is 2.67. The Bertz CT molecular complexity index is 982. The number of rotatable bonds is 5. The summed E-state index contributed by atoms with van der Waals surface area (Å²) in [5, 5.41) is 10.8. The molecule has 6 heteroatoms. The Balaban J connectivity index is 2.20. The fraction of sp³-hybridized carbons (Fsp3) is 0.0500. The van der Waals surface area contributed by atoms with E-state index in [-0.39, 0.29) is 5.75 Å². The number of hydrogen-bond donors (Lipinski definition) is 1. The van der Waals surface area contributed by atoms with E-state index in [4.69, 9.17) is 17.3 Å². The van der Waals surface area contributed by atoms with E-state index in [1.54, 1.807) is 12.1 Å². The number of hydrogen-bond acceptors (Lipinski definition) is 4. The summed E-state index contributed by atoms with van der Waals surface area (Å²) in [6.45, 7) is 0. The second kappa shape index (κ2) is 8.05. The van der Waals surface area contributed by atoms with Crippen LogP contribution >= 0.6 is 23.4 Å². The van der Waals surface area contributed by atoms with Crippen molar-refractivity contribution in [3.05, 3.63) is 71.2 Å². The van der Waals surface area contributed by atoms with Crippen molar-refractivity contribution < 1.29 is 4.79 Å². The molecule has 26 heavy (non-hydrogen) atoms. The third-order valence-corrected chi connectivity index (χ3v) is 4.92. The van der Waals surface area contributed by atoms with E-state index in [2.05, 4.69) is 11.1 Å². The van der Waals surface area contributed by atoms with Crippen LogP contribution in [-0.4, -0.2) is 16.6 Å². The molecule has 0 bridgehead atoms. The lowest BCUT2D eigenvalue weighted by Gasteiger charge is -2.12. The predicted octanol–water partition coefficient (Wildman–Crippen LogP) is 4.52. The van der Waals surface area contributed by atoms with Gasteiger partial charge in [0.25, 0.3) is 0 Å². The Morgan fingerprint density at radius 2 is 1.81 bits per heavy atom. The minimum absolute atomic E-state index is 0.0555. The van der Waals surface area contributed by atoms with Gasteiger partial charge in [0.05, 0.1) is 17.0 Å². The maximum atomic E-state index is 11.2. The number of amides is 1. The smallest absolute Gasteiger partial charge is 0.227 e. The quantitative estimate of drug-likeness (QED) is 0.661. The number of pyridine rings is 1. The number of nitriles is 1. The third-order valence-electron chi connectivity index (χ3n) is 3.67. The Morgan fingerprint density at radius 3 is 2.42 bits per heavy atom. The van der Waals surface area contributed by atoms with Crippen LogP contribution in [-0.2, 0) is 4.79 Å². The van der Waals surface area contributed by atoms with Crippen molar-refractivity contribution in [3.63, 3.8) is 0 Å². The van der Waals surface area contributed by atoms with E-state index in [1.807, 2.05) is 48.5 Å². The van der Waals surface area contributed by atoms with Crippen LogP contribution < -0.4 is 5.73 Å². The molecule has 3 rings (SSSR count). The zero-order valence-corrected chi connectivity index (χ0v) is 15.2. The summed E-state index contributed by atoms with van der Waals surface area (Å²) in [6, 6.07) is 21.0. The van der Waals surface area contributed by atoms with Crippen molar-refractivity contribution in [2.24, 2.45) is 5.73 Å². The molecule has 1 amide bonds. The summed E-state index contributed by atoms with van der Waals surface area (Å²) in [4.78, 5) is 15.8. The molecule has 128 valence electrons. The van der Waals surface area contributed by atoms with Gasteiger partial charge in [-0.25, -0.2) is 4.98 Å². The molecular weight excluding hydrogens is 366 g/mol. The largest absolute Gasteiger partial charge is 0.369 e. The van der Waals surface area contributed by atoms with Crippen LogP contribution in [0.15, 0.2) is 65.7 Å². The topological polar surface area (TPSA) is 79.8 Å². The van der Waals surface area contributed by atoms with Crippen molar-refractivity contribution in [2.45, 2.75) is 5.03 Å². The number of aromatic nitrogens is 1. The van der Waals surface area contributed by atoms with Gasteiger partial charge in [-0.3, -0.25) is 4.79 Å². The summed E-state index contributed by atoms with van der Waals surface area (Å²) in [5.74, 6) is -0.404. The lowest BCUT2D eigenvalue weighted by Crippen LogP contribution is -2.13. The molecule has 4 nitrogen and oxygen atoms in total. The van der Waals surface area contributed by atoms with Gasteiger partial charge in [-0.05, 0) is 23.8 Å². The number of nitrogens with zero attached hydrogens (tertiary/aromatic N) is 2. The van der Waals surface area contributed by atoms with Crippen LogP contribution in [0.4, 0.5) is 0 Å². The van der Waals surface area contributed by atoms with E-state index < -0.39 is 5.91 Å². The summed E-state index contributed by atoms with van der Waals surface area (Å²) >= 11 is 7.15. The van der Waals surface area contributed by atoms with E-state index in [0.29, 0.717) is 15.6 Å². The van der Waals surface area contributed by atoms with Crippen LogP contribution in [0, 0.1) is 11.3 Å². The molecule has 0 atom stereocenters. The minimum atomic E-state index is -0.459. The maximum Gasteiger partial charge on any atom is 0.227 e. The molecule has 0 aliphatic carbocycles. The van der Waals surface area contributed by atoms with Crippen LogP contribution in [0.25, 0.3) is 22.4 Å². The lowest BCUT2D eigenvalue weighted by molar-refractivity contribution is -0.115. The standard InChI is InChI=1S/C20H14ClN3OS/c21-15-8-6-13(7-9-15)16-10-18(14-4-2-1-3-5-14)24-20(17(16)11-22)26-12-19(23)25/h1-10H,12H2,(H2,23,25). The first-order valence-electron chi connectivity index (χ1n) is 7.76. The summed E-state index contributed by atoms with van der Waals surface area (Å²) in [6.07, 6.45) is 0. The molecule has 0 fully saturated rings. The first kappa shape index (κ1) is 18.0. The number of halogens is 1. The number of primary amides is 1. The third kappa shape index (κ3) is 4.05. The van der Waals surface area contributed by atoms with Gasteiger partial charge in [0, 0.05) is 16.1 Å². The first-order valence-corrected chi connectivity index (χ1v) is 9.12. The predicted molar refractivity (Wildman–Crippen MR) is 105 cm³/mol. The van der Waals surface area contributed by atoms with Crippen LogP contribution in [0.2, 0.25) is 5.02 Å². The fourth-order valence-corrected chi connectivity index (χ4v) is 3.36. The second-order valence-corrected chi connectivity index (χ2v) is 6.88. The molecule has 0 aliphatic rings. The molecule has 3 aromatic rings. The van der Waals surface area contributed by atoms with Crippen LogP contribution in [0.5, 0.6) is 0 Å². The lowest BCUT2D eigenvalue weighted by atomic mass is 9.99. The van der Waals surface area contributed by atoms with E-state index >= 15 is 0 Å². The molecule has 0 aliphatic heterocycles. The zero-order chi connectivity index (χ0) is 18.5. The highest BCUT2D eigenvalue weighted by molar-refractivity contribution is 8.00. The molecule has 2 N–H and O–H groups in total. The Kier molecular flexibility index (Phi) is 5.57. The summed E-state index contributed by atoms with van der Waals surface area (Å²) < 4.78 is 0. The van der Waals surface area contributed by atoms with Crippen molar-refractivity contribution in [3.8, 4) is 28.5 Å². The minimum Gasteiger partial charge on any atom is -0.369 e. The van der Waals surface area contributed by atoms with Crippen molar-refractivity contribution in [1.29, 1.82) is 5.26 Å². The second-order valence-electron chi connectivity index (χ2n) is 5.47. The molecular formula is C20H14ClN3OS.